The van der Waals surface area contributed by atoms with Crippen LogP contribution in [0.4, 0.5) is 31.5 Å². The highest BCUT2D eigenvalue weighted by atomic mass is 32.2. The smallest absolute Gasteiger partial charge is 0.391 e. The van der Waals surface area contributed by atoms with Crippen molar-refractivity contribution in [2.24, 2.45) is 5.92 Å². The molecule has 0 saturated carbocycles. The second kappa shape index (κ2) is 10.0. The molecule has 2 aromatic carbocycles. The van der Waals surface area contributed by atoms with E-state index in [9.17, 15) is 30.4 Å². The van der Waals surface area contributed by atoms with E-state index in [0.29, 0.717) is 0 Å². The lowest BCUT2D eigenvalue weighted by molar-refractivity contribution is -0.192. The minimum absolute atomic E-state index is 0.0443. The summed E-state index contributed by atoms with van der Waals surface area (Å²) in [6, 6.07) is 3.45. The Kier molecular flexibility index (Phi) is 7.07. The number of sulfonamides is 1. The highest BCUT2D eigenvalue weighted by Crippen LogP contribution is 2.48. The van der Waals surface area contributed by atoms with Crippen molar-refractivity contribution in [3.05, 3.63) is 70.5 Å². The van der Waals surface area contributed by atoms with E-state index in [1.807, 2.05) is 0 Å². The zero-order chi connectivity index (χ0) is 27.2. The number of rotatable bonds is 5. The molecule has 0 aliphatic carbocycles. The number of aromatic nitrogens is 1. The average Bonchev–Trinajstić information content (AvgIpc) is 3.36. The highest BCUT2D eigenvalue weighted by molar-refractivity contribution is 7.93. The van der Waals surface area contributed by atoms with Gasteiger partial charge in [-0.1, -0.05) is 6.07 Å². The fourth-order valence-electron chi connectivity index (χ4n) is 5.07. The summed E-state index contributed by atoms with van der Waals surface area (Å²) >= 11 is 1.01. The van der Waals surface area contributed by atoms with Gasteiger partial charge in [-0.25, -0.2) is 26.6 Å². The first-order valence-electron chi connectivity index (χ1n) is 11.6. The Balaban J connectivity index is 1.51. The molecule has 3 aromatic rings. The van der Waals surface area contributed by atoms with Crippen LogP contribution in [0.1, 0.15) is 42.5 Å². The van der Waals surface area contributed by atoms with Gasteiger partial charge in [0.1, 0.15) is 16.5 Å². The third-order valence-corrected chi connectivity index (χ3v) is 9.02. The van der Waals surface area contributed by atoms with Crippen LogP contribution in [-0.4, -0.2) is 37.6 Å². The Bertz CT molecular complexity index is 1430. The zero-order valence-corrected chi connectivity index (χ0v) is 21.1. The molecule has 14 heteroatoms. The number of anilines is 1. The Morgan fingerprint density at radius 3 is 2.50 bits per heavy atom. The molecule has 1 fully saturated rings. The number of hydrogen-bond acceptors (Lipinski definition) is 6. The Morgan fingerprint density at radius 2 is 1.82 bits per heavy atom. The van der Waals surface area contributed by atoms with Crippen molar-refractivity contribution in [3.63, 3.8) is 0 Å². The standard InChI is InChI=1S/C24H21F6N3O3S2/c25-16-2-1-13(9-17(16)26)20-10-14(24(28,29)30)3-6-33(20)19-4-7-36-21-12-22(18(27)11-15(19)21)38(34,35)32-23-31-5-8-37-23/h1-2,5,8-9,11-12,14,19-20H,3-4,6-7,10H2,(H,31,32)/t14-,19-,20+/m1/s1. The monoisotopic (exact) mass is 577 g/mol. The van der Waals surface area contributed by atoms with E-state index in [1.165, 1.54) is 12.3 Å². The summed E-state index contributed by atoms with van der Waals surface area (Å²) < 4.78 is 117. The number of benzene rings is 2. The number of hydrogen-bond donors (Lipinski definition) is 1. The molecule has 0 radical (unpaired) electrons. The van der Waals surface area contributed by atoms with E-state index in [1.54, 1.807) is 10.3 Å². The first-order valence-corrected chi connectivity index (χ1v) is 14.0. The van der Waals surface area contributed by atoms with Gasteiger partial charge >= 0.3 is 6.18 Å². The second-order valence-electron chi connectivity index (χ2n) is 9.11. The molecule has 1 aromatic heterocycles. The van der Waals surface area contributed by atoms with Crippen LogP contribution in [0.15, 0.2) is 46.8 Å². The molecule has 0 unspecified atom stereocenters. The molecule has 2 aliphatic rings. The number of nitrogens with one attached hydrogen (secondary N) is 1. The van der Waals surface area contributed by atoms with E-state index in [4.69, 9.17) is 4.74 Å². The number of likely N-dealkylation sites (tertiary alicyclic amines) is 1. The normalized spacial score (nSPS) is 22.5. The van der Waals surface area contributed by atoms with Gasteiger partial charge in [0.05, 0.1) is 12.5 Å². The molecule has 1 N–H and O–H groups in total. The quantitative estimate of drug-likeness (QED) is 0.366. The number of alkyl halides is 3. The highest BCUT2D eigenvalue weighted by Gasteiger charge is 2.47. The number of thiazole rings is 1. The Labute approximate surface area is 218 Å². The molecule has 0 bridgehead atoms. The van der Waals surface area contributed by atoms with Gasteiger partial charge in [-0.05, 0) is 43.1 Å². The maximum atomic E-state index is 15.2. The molecule has 0 amide bonds. The van der Waals surface area contributed by atoms with E-state index >= 15 is 4.39 Å². The molecular weight excluding hydrogens is 556 g/mol. The van der Waals surface area contributed by atoms with Crippen LogP contribution < -0.4 is 9.46 Å². The summed E-state index contributed by atoms with van der Waals surface area (Å²) in [5, 5.41) is 1.59. The molecule has 3 heterocycles. The van der Waals surface area contributed by atoms with Crippen molar-refractivity contribution in [3.8, 4) is 5.75 Å². The van der Waals surface area contributed by atoms with Gasteiger partial charge in [0.25, 0.3) is 10.0 Å². The fourth-order valence-corrected chi connectivity index (χ4v) is 6.93. The Hall–Kier alpha value is -2.84. The van der Waals surface area contributed by atoms with Gasteiger partial charge in [-0.2, -0.15) is 13.2 Å². The lowest BCUT2D eigenvalue weighted by atomic mass is 9.84. The second-order valence-corrected chi connectivity index (χ2v) is 11.7. The minimum atomic E-state index is -4.48. The van der Waals surface area contributed by atoms with E-state index in [2.05, 4.69) is 9.71 Å². The van der Waals surface area contributed by atoms with Gasteiger partial charge in [-0.3, -0.25) is 9.62 Å². The average molecular weight is 578 g/mol. The van der Waals surface area contributed by atoms with Gasteiger partial charge in [-0.15, -0.1) is 11.3 Å². The lowest BCUT2D eigenvalue weighted by Gasteiger charge is -2.46. The number of ether oxygens (including phenoxy) is 1. The Morgan fingerprint density at radius 1 is 1.03 bits per heavy atom. The van der Waals surface area contributed by atoms with Crippen LogP contribution in [-0.2, 0) is 10.0 Å². The van der Waals surface area contributed by atoms with Crippen molar-refractivity contribution < 1.29 is 39.5 Å². The van der Waals surface area contributed by atoms with Crippen molar-refractivity contribution in [1.82, 2.24) is 9.88 Å². The number of nitrogens with zero attached hydrogens (tertiary/aromatic N) is 2. The minimum Gasteiger partial charge on any atom is -0.493 e. The van der Waals surface area contributed by atoms with Crippen LogP contribution >= 0.6 is 11.3 Å². The largest absolute Gasteiger partial charge is 0.493 e. The van der Waals surface area contributed by atoms with Gasteiger partial charge in [0.15, 0.2) is 16.8 Å². The zero-order valence-electron chi connectivity index (χ0n) is 19.5. The summed E-state index contributed by atoms with van der Waals surface area (Å²) in [4.78, 5) is 4.87. The first kappa shape index (κ1) is 26.8. The van der Waals surface area contributed by atoms with Gasteiger partial charge < -0.3 is 4.74 Å². The van der Waals surface area contributed by atoms with Crippen molar-refractivity contribution in [1.29, 1.82) is 0 Å². The van der Waals surface area contributed by atoms with E-state index in [-0.39, 0.29) is 48.0 Å². The van der Waals surface area contributed by atoms with E-state index < -0.39 is 63.0 Å². The summed E-state index contributed by atoms with van der Waals surface area (Å²) in [5.41, 5.74) is 0.429. The molecule has 6 nitrogen and oxygen atoms in total. The molecule has 1 saturated heterocycles. The van der Waals surface area contributed by atoms with Crippen LogP contribution in [0.25, 0.3) is 0 Å². The van der Waals surface area contributed by atoms with Crippen LogP contribution in [0.3, 0.4) is 0 Å². The third kappa shape index (κ3) is 5.21. The van der Waals surface area contributed by atoms with Crippen LogP contribution in [0.5, 0.6) is 5.75 Å². The SMILES string of the molecule is O=S(=O)(Nc1nccs1)c1cc2c(cc1F)[C@H](N1CC[C@@H](C(F)(F)F)C[C@H]1c1ccc(F)c(F)c1)CCO2. The molecule has 204 valence electrons. The molecule has 2 aliphatic heterocycles. The topological polar surface area (TPSA) is 71.5 Å². The maximum absolute atomic E-state index is 15.2. The predicted octanol–water partition coefficient (Wildman–Crippen LogP) is 6.20. The third-order valence-electron chi connectivity index (χ3n) is 6.85. The van der Waals surface area contributed by atoms with E-state index in [0.717, 1.165) is 35.6 Å². The molecule has 38 heavy (non-hydrogen) atoms. The summed E-state index contributed by atoms with van der Waals surface area (Å²) in [6.07, 6.45) is -3.45. The van der Waals surface area contributed by atoms with Crippen molar-refractivity contribution in [2.45, 2.75) is 42.4 Å². The molecule has 5 rings (SSSR count). The van der Waals surface area contributed by atoms with Gasteiger partial charge in [0.2, 0.25) is 0 Å². The summed E-state index contributed by atoms with van der Waals surface area (Å²) in [7, 11) is -4.35. The van der Waals surface area contributed by atoms with Crippen molar-refractivity contribution >= 4 is 26.5 Å². The molecule has 0 spiro atoms. The van der Waals surface area contributed by atoms with Gasteiger partial charge in [0, 0.05) is 41.7 Å². The molecular formula is C24H21F6N3O3S2. The van der Waals surface area contributed by atoms with Crippen LogP contribution in [0, 0.1) is 23.4 Å². The number of halogens is 6. The predicted molar refractivity (Wildman–Crippen MR) is 127 cm³/mol. The fraction of sp³-hybridized carbons (Fsp3) is 0.375. The molecule has 3 atom stereocenters. The lowest BCUT2D eigenvalue weighted by Crippen LogP contribution is -2.44. The number of fused-ring (bicyclic) bond motifs is 1. The number of piperidine rings is 1. The maximum Gasteiger partial charge on any atom is 0.391 e. The summed E-state index contributed by atoms with van der Waals surface area (Å²) in [6.45, 7) is 0.0393. The summed E-state index contributed by atoms with van der Waals surface area (Å²) in [5.74, 6) is -4.96. The van der Waals surface area contributed by atoms with Crippen LogP contribution in [0.2, 0.25) is 0 Å². The van der Waals surface area contributed by atoms with Crippen molar-refractivity contribution in [2.75, 3.05) is 17.9 Å². The first-order chi connectivity index (χ1) is 17.9.